The minimum absolute atomic E-state index is 0.346. The Hall–Kier alpha value is -0.580. The van der Waals surface area contributed by atoms with Crippen LogP contribution >= 0.6 is 15.9 Å². The van der Waals surface area contributed by atoms with Crippen LogP contribution in [0, 0.1) is 0 Å². The van der Waals surface area contributed by atoms with E-state index in [9.17, 15) is 5.11 Å². The molecule has 1 unspecified atom stereocenters. The first kappa shape index (κ1) is 14.5. The smallest absolute Gasteiger partial charge is 0.133 e. The molecule has 1 aromatic carbocycles. The third-order valence-electron chi connectivity index (χ3n) is 2.49. The van der Waals surface area contributed by atoms with Crippen LogP contribution in [0.1, 0.15) is 18.9 Å². The molecule has 0 fully saturated rings. The molecule has 0 spiro atoms. The summed E-state index contributed by atoms with van der Waals surface area (Å²) in [6, 6.07) is 5.88. The Morgan fingerprint density at radius 3 is 2.82 bits per heavy atom. The van der Waals surface area contributed by atoms with E-state index in [0.717, 1.165) is 28.8 Å². The average molecular weight is 302 g/mol. The predicted octanol–water partition coefficient (Wildman–Crippen LogP) is 2.36. The van der Waals surface area contributed by atoms with Crippen molar-refractivity contribution in [1.82, 2.24) is 5.32 Å². The van der Waals surface area contributed by atoms with Crippen molar-refractivity contribution in [2.75, 3.05) is 20.2 Å². The third kappa shape index (κ3) is 5.06. The zero-order valence-electron chi connectivity index (χ0n) is 10.4. The fraction of sp³-hybridized carbons (Fsp3) is 0.538. The number of hydrogen-bond donors (Lipinski definition) is 2. The Bertz CT molecular complexity index is 344. The molecule has 0 saturated heterocycles. The maximum Gasteiger partial charge on any atom is 0.133 e. The molecule has 0 saturated carbocycles. The van der Waals surface area contributed by atoms with E-state index in [1.165, 1.54) is 0 Å². The fourth-order valence-electron chi connectivity index (χ4n) is 1.63. The highest BCUT2D eigenvalue weighted by molar-refractivity contribution is 9.10. The minimum atomic E-state index is -0.346. The molecule has 0 aliphatic carbocycles. The Balaban J connectivity index is 2.48. The molecule has 96 valence electrons. The Morgan fingerprint density at radius 1 is 1.47 bits per heavy atom. The van der Waals surface area contributed by atoms with Gasteiger partial charge in [-0.15, -0.1) is 0 Å². The van der Waals surface area contributed by atoms with Gasteiger partial charge < -0.3 is 15.2 Å². The number of aliphatic hydroxyl groups is 1. The number of methoxy groups -OCH3 is 1. The molecular weight excluding hydrogens is 282 g/mol. The summed E-state index contributed by atoms with van der Waals surface area (Å²) in [5.74, 6) is 0.812. The second-order valence-electron chi connectivity index (χ2n) is 4.03. The number of hydrogen-bond acceptors (Lipinski definition) is 3. The van der Waals surface area contributed by atoms with Gasteiger partial charge in [-0.25, -0.2) is 0 Å². The van der Waals surface area contributed by atoms with Crippen LogP contribution in [0.15, 0.2) is 22.7 Å². The zero-order chi connectivity index (χ0) is 12.7. The summed E-state index contributed by atoms with van der Waals surface area (Å²) in [5.41, 5.74) is 1.10. The lowest BCUT2D eigenvalue weighted by atomic mass is 10.1. The van der Waals surface area contributed by atoms with E-state index in [1.807, 2.05) is 18.2 Å². The number of aliphatic hydroxyl groups excluding tert-OH is 1. The van der Waals surface area contributed by atoms with E-state index in [1.54, 1.807) is 7.11 Å². The van der Waals surface area contributed by atoms with Gasteiger partial charge in [0.25, 0.3) is 0 Å². The number of nitrogens with one attached hydrogen (secondary N) is 1. The van der Waals surface area contributed by atoms with Crippen molar-refractivity contribution in [3.63, 3.8) is 0 Å². The van der Waals surface area contributed by atoms with E-state index < -0.39 is 0 Å². The lowest BCUT2D eigenvalue weighted by Gasteiger charge is -2.12. The van der Waals surface area contributed by atoms with Crippen LogP contribution in [-0.2, 0) is 6.42 Å². The Labute approximate surface area is 111 Å². The van der Waals surface area contributed by atoms with Gasteiger partial charge in [0.15, 0.2) is 0 Å². The van der Waals surface area contributed by atoms with Crippen molar-refractivity contribution in [2.45, 2.75) is 25.9 Å². The van der Waals surface area contributed by atoms with Gasteiger partial charge in [0, 0.05) is 6.54 Å². The van der Waals surface area contributed by atoms with Crippen LogP contribution in [0.5, 0.6) is 5.75 Å². The van der Waals surface area contributed by atoms with Crippen LogP contribution in [0.3, 0.4) is 0 Å². The van der Waals surface area contributed by atoms with Crippen LogP contribution in [0.25, 0.3) is 0 Å². The highest BCUT2D eigenvalue weighted by Crippen LogP contribution is 2.25. The second-order valence-corrected chi connectivity index (χ2v) is 4.89. The van der Waals surface area contributed by atoms with Gasteiger partial charge in [-0.1, -0.05) is 13.0 Å². The number of halogens is 1. The summed E-state index contributed by atoms with van der Waals surface area (Å²) in [4.78, 5) is 0. The highest BCUT2D eigenvalue weighted by Gasteiger charge is 2.07. The van der Waals surface area contributed by atoms with Gasteiger partial charge in [0.1, 0.15) is 5.75 Å². The van der Waals surface area contributed by atoms with Gasteiger partial charge in [-0.05, 0) is 53.0 Å². The van der Waals surface area contributed by atoms with Crippen molar-refractivity contribution in [1.29, 1.82) is 0 Å². The summed E-state index contributed by atoms with van der Waals surface area (Å²) in [7, 11) is 1.64. The summed E-state index contributed by atoms with van der Waals surface area (Å²) < 4.78 is 6.09. The van der Waals surface area contributed by atoms with Crippen LogP contribution in [0.4, 0.5) is 0 Å². The lowest BCUT2D eigenvalue weighted by Crippen LogP contribution is -2.28. The van der Waals surface area contributed by atoms with Crippen molar-refractivity contribution in [3.05, 3.63) is 28.2 Å². The molecule has 1 aromatic rings. The molecule has 0 bridgehead atoms. The molecule has 0 heterocycles. The lowest BCUT2D eigenvalue weighted by molar-refractivity contribution is 0.172. The summed E-state index contributed by atoms with van der Waals surface area (Å²) >= 11 is 3.44. The number of rotatable bonds is 7. The third-order valence-corrected chi connectivity index (χ3v) is 3.11. The monoisotopic (exact) mass is 301 g/mol. The molecule has 1 rings (SSSR count). The van der Waals surface area contributed by atoms with Gasteiger partial charge in [-0.3, -0.25) is 0 Å². The molecule has 0 amide bonds. The summed E-state index contributed by atoms with van der Waals surface area (Å²) in [5, 5.41) is 13.0. The first-order chi connectivity index (χ1) is 8.17. The quantitative estimate of drug-likeness (QED) is 0.760. The zero-order valence-corrected chi connectivity index (χ0v) is 12.0. The molecule has 0 aliphatic heterocycles. The van der Waals surface area contributed by atoms with Crippen molar-refractivity contribution < 1.29 is 9.84 Å². The second kappa shape index (κ2) is 7.69. The SMILES string of the molecule is CCCNCC(O)Cc1ccc(OC)c(Br)c1. The van der Waals surface area contributed by atoms with Gasteiger partial charge in [-0.2, -0.15) is 0 Å². The number of benzene rings is 1. The van der Waals surface area contributed by atoms with Crippen molar-refractivity contribution in [3.8, 4) is 5.75 Å². The summed E-state index contributed by atoms with van der Waals surface area (Å²) in [6.07, 6.45) is 1.39. The predicted molar refractivity (Wildman–Crippen MR) is 73.6 cm³/mol. The van der Waals surface area contributed by atoms with Crippen LogP contribution < -0.4 is 10.1 Å². The molecular formula is C13H20BrNO2. The van der Waals surface area contributed by atoms with E-state index in [0.29, 0.717) is 13.0 Å². The first-order valence-corrected chi connectivity index (χ1v) is 6.67. The molecule has 4 heteroatoms. The maximum atomic E-state index is 9.84. The first-order valence-electron chi connectivity index (χ1n) is 5.88. The topological polar surface area (TPSA) is 41.5 Å². The summed E-state index contributed by atoms with van der Waals surface area (Å²) in [6.45, 7) is 3.70. The molecule has 2 N–H and O–H groups in total. The molecule has 17 heavy (non-hydrogen) atoms. The maximum absolute atomic E-state index is 9.84. The largest absolute Gasteiger partial charge is 0.496 e. The number of ether oxygens (including phenoxy) is 1. The normalized spacial score (nSPS) is 12.5. The highest BCUT2D eigenvalue weighted by atomic mass is 79.9. The Morgan fingerprint density at radius 2 is 2.24 bits per heavy atom. The molecule has 0 aromatic heterocycles. The van der Waals surface area contributed by atoms with E-state index in [-0.39, 0.29) is 6.10 Å². The van der Waals surface area contributed by atoms with Crippen LogP contribution in [0.2, 0.25) is 0 Å². The standard InChI is InChI=1S/C13H20BrNO2/c1-3-6-15-9-11(16)7-10-4-5-13(17-2)12(14)8-10/h4-5,8,11,15-16H,3,6-7,9H2,1-2H3. The van der Waals surface area contributed by atoms with E-state index in [4.69, 9.17) is 4.74 Å². The van der Waals surface area contributed by atoms with Gasteiger partial charge >= 0.3 is 0 Å². The van der Waals surface area contributed by atoms with Crippen molar-refractivity contribution >= 4 is 15.9 Å². The van der Waals surface area contributed by atoms with Crippen molar-refractivity contribution in [2.24, 2.45) is 0 Å². The van der Waals surface area contributed by atoms with Gasteiger partial charge in [0.05, 0.1) is 17.7 Å². The molecule has 3 nitrogen and oxygen atoms in total. The molecule has 1 atom stereocenters. The molecule has 0 aliphatic rings. The van der Waals surface area contributed by atoms with E-state index in [2.05, 4.69) is 28.2 Å². The average Bonchev–Trinajstić information content (AvgIpc) is 2.29. The van der Waals surface area contributed by atoms with Gasteiger partial charge in [0.2, 0.25) is 0 Å². The minimum Gasteiger partial charge on any atom is -0.496 e. The van der Waals surface area contributed by atoms with E-state index >= 15 is 0 Å². The Kier molecular flexibility index (Phi) is 6.55. The van der Waals surface area contributed by atoms with Crippen LogP contribution in [-0.4, -0.2) is 31.4 Å². The fourth-order valence-corrected chi connectivity index (χ4v) is 2.21. The molecule has 0 radical (unpaired) electrons.